The Kier molecular flexibility index (Phi) is 3.80. The molecule has 1 atom stereocenters. The number of nitrogens with zero attached hydrogens (tertiary/aromatic N) is 1. The van der Waals surface area contributed by atoms with Gasteiger partial charge in [0.1, 0.15) is 0 Å². The maximum absolute atomic E-state index is 12.1. The van der Waals surface area contributed by atoms with E-state index in [2.05, 4.69) is 10.3 Å². The summed E-state index contributed by atoms with van der Waals surface area (Å²) in [5, 5.41) is 3.21. The van der Waals surface area contributed by atoms with Crippen molar-refractivity contribution < 1.29 is 9.53 Å². The molecule has 1 heterocycles. The van der Waals surface area contributed by atoms with Crippen LogP contribution < -0.4 is 5.32 Å². The van der Waals surface area contributed by atoms with Crippen LogP contribution in [0.2, 0.25) is 0 Å². The summed E-state index contributed by atoms with van der Waals surface area (Å²) in [5.74, 6) is -0.357. The summed E-state index contributed by atoms with van der Waals surface area (Å²) >= 11 is 0. The molecule has 98 valence electrons. The van der Waals surface area contributed by atoms with Crippen molar-refractivity contribution in [3.63, 3.8) is 0 Å². The first-order valence-electron chi connectivity index (χ1n) is 5.99. The standard InChI is InChI=1S/C15H16N2O2/c1-15(14(18)19-2,12-7-6-10-16-11-12)17-13-8-4-3-5-9-13/h3-11,17H,1-2H3. The number of para-hydroxylation sites is 1. The molecule has 0 amide bonds. The van der Waals surface area contributed by atoms with Gasteiger partial charge in [0, 0.05) is 23.6 Å². The van der Waals surface area contributed by atoms with Crippen molar-refractivity contribution in [3.05, 3.63) is 60.4 Å². The fraction of sp³-hybridized carbons (Fsp3) is 0.200. The number of nitrogens with one attached hydrogen (secondary N) is 1. The average Bonchev–Trinajstić information content (AvgIpc) is 2.48. The Morgan fingerprint density at radius 1 is 1.21 bits per heavy atom. The molecule has 2 rings (SSSR count). The molecule has 4 nitrogen and oxygen atoms in total. The van der Waals surface area contributed by atoms with Gasteiger partial charge in [0.15, 0.2) is 5.54 Å². The molecule has 1 N–H and O–H groups in total. The molecule has 0 saturated heterocycles. The topological polar surface area (TPSA) is 51.2 Å². The first-order chi connectivity index (χ1) is 9.16. The number of aromatic nitrogens is 1. The molecule has 1 aromatic heterocycles. The minimum Gasteiger partial charge on any atom is -0.467 e. The third-order valence-electron chi connectivity index (χ3n) is 3.00. The molecule has 4 heteroatoms. The molecule has 0 radical (unpaired) electrons. The molecule has 0 aliphatic carbocycles. The van der Waals surface area contributed by atoms with Crippen LogP contribution in [-0.4, -0.2) is 18.1 Å². The van der Waals surface area contributed by atoms with E-state index in [1.807, 2.05) is 36.4 Å². The summed E-state index contributed by atoms with van der Waals surface area (Å²) in [4.78, 5) is 16.2. The van der Waals surface area contributed by atoms with Crippen LogP contribution in [0.25, 0.3) is 0 Å². The van der Waals surface area contributed by atoms with Crippen molar-refractivity contribution in [1.29, 1.82) is 0 Å². The van der Waals surface area contributed by atoms with E-state index >= 15 is 0 Å². The molecule has 0 bridgehead atoms. The predicted molar refractivity (Wildman–Crippen MR) is 73.7 cm³/mol. The lowest BCUT2D eigenvalue weighted by atomic mass is 9.93. The molecule has 0 aliphatic rings. The van der Waals surface area contributed by atoms with E-state index in [0.717, 1.165) is 11.3 Å². The Morgan fingerprint density at radius 2 is 1.95 bits per heavy atom. The number of esters is 1. The maximum atomic E-state index is 12.1. The van der Waals surface area contributed by atoms with Gasteiger partial charge in [0.2, 0.25) is 0 Å². The summed E-state index contributed by atoms with van der Waals surface area (Å²) in [6.07, 6.45) is 3.33. The zero-order chi connectivity index (χ0) is 13.7. The fourth-order valence-electron chi connectivity index (χ4n) is 1.91. The van der Waals surface area contributed by atoms with Crippen molar-refractivity contribution >= 4 is 11.7 Å². The van der Waals surface area contributed by atoms with Gasteiger partial charge in [0.25, 0.3) is 0 Å². The molecule has 2 aromatic rings. The number of carbonyl (C=O) groups excluding carboxylic acids is 1. The van der Waals surface area contributed by atoms with E-state index in [1.165, 1.54) is 7.11 Å². The van der Waals surface area contributed by atoms with Crippen molar-refractivity contribution in [2.75, 3.05) is 12.4 Å². The highest BCUT2D eigenvalue weighted by molar-refractivity contribution is 5.85. The molecular formula is C15H16N2O2. The highest BCUT2D eigenvalue weighted by Crippen LogP contribution is 2.26. The van der Waals surface area contributed by atoms with E-state index in [4.69, 9.17) is 4.74 Å². The zero-order valence-corrected chi connectivity index (χ0v) is 11.0. The van der Waals surface area contributed by atoms with Crippen LogP contribution >= 0.6 is 0 Å². The number of ether oxygens (including phenoxy) is 1. The van der Waals surface area contributed by atoms with E-state index in [1.54, 1.807) is 25.4 Å². The molecular weight excluding hydrogens is 240 g/mol. The minimum absolute atomic E-state index is 0.357. The Labute approximate surface area is 112 Å². The fourth-order valence-corrected chi connectivity index (χ4v) is 1.91. The third kappa shape index (κ3) is 2.73. The Hall–Kier alpha value is -2.36. The molecule has 1 aromatic carbocycles. The number of benzene rings is 1. The van der Waals surface area contributed by atoms with Crippen LogP contribution in [0.15, 0.2) is 54.9 Å². The second kappa shape index (κ2) is 5.52. The van der Waals surface area contributed by atoms with Crippen LogP contribution in [0.5, 0.6) is 0 Å². The maximum Gasteiger partial charge on any atom is 0.335 e. The van der Waals surface area contributed by atoms with E-state index in [-0.39, 0.29) is 5.97 Å². The van der Waals surface area contributed by atoms with Gasteiger partial charge in [-0.1, -0.05) is 24.3 Å². The van der Waals surface area contributed by atoms with E-state index in [9.17, 15) is 4.79 Å². The lowest BCUT2D eigenvalue weighted by molar-refractivity contribution is -0.145. The Bertz CT molecular complexity index is 543. The van der Waals surface area contributed by atoms with Crippen LogP contribution in [0.3, 0.4) is 0 Å². The lowest BCUT2D eigenvalue weighted by Gasteiger charge is -2.29. The largest absolute Gasteiger partial charge is 0.467 e. The van der Waals surface area contributed by atoms with Gasteiger partial charge in [-0.15, -0.1) is 0 Å². The van der Waals surface area contributed by atoms with Crippen molar-refractivity contribution in [3.8, 4) is 0 Å². The highest BCUT2D eigenvalue weighted by Gasteiger charge is 2.36. The number of anilines is 1. The van der Waals surface area contributed by atoms with Gasteiger partial charge in [0.05, 0.1) is 7.11 Å². The first kappa shape index (κ1) is 13.1. The number of methoxy groups -OCH3 is 1. The quantitative estimate of drug-likeness (QED) is 0.854. The van der Waals surface area contributed by atoms with Gasteiger partial charge in [-0.2, -0.15) is 0 Å². The zero-order valence-electron chi connectivity index (χ0n) is 11.0. The molecule has 0 aliphatic heterocycles. The van der Waals surface area contributed by atoms with Crippen LogP contribution in [0.4, 0.5) is 5.69 Å². The van der Waals surface area contributed by atoms with Crippen molar-refractivity contribution in [2.45, 2.75) is 12.5 Å². The number of hydrogen-bond donors (Lipinski definition) is 1. The van der Waals surface area contributed by atoms with Crippen LogP contribution in [0.1, 0.15) is 12.5 Å². The summed E-state index contributed by atoms with van der Waals surface area (Å²) in [6.45, 7) is 1.78. The monoisotopic (exact) mass is 256 g/mol. The van der Waals surface area contributed by atoms with Gasteiger partial charge in [-0.25, -0.2) is 4.79 Å². The number of hydrogen-bond acceptors (Lipinski definition) is 4. The van der Waals surface area contributed by atoms with Crippen LogP contribution in [-0.2, 0) is 15.1 Å². The molecule has 19 heavy (non-hydrogen) atoms. The van der Waals surface area contributed by atoms with Crippen LogP contribution in [0, 0.1) is 0 Å². The molecule has 0 saturated carbocycles. The van der Waals surface area contributed by atoms with Crippen molar-refractivity contribution in [1.82, 2.24) is 4.98 Å². The third-order valence-corrected chi connectivity index (χ3v) is 3.00. The average molecular weight is 256 g/mol. The second-order valence-corrected chi connectivity index (χ2v) is 4.35. The van der Waals surface area contributed by atoms with Gasteiger partial charge >= 0.3 is 5.97 Å². The molecule has 1 unspecified atom stereocenters. The first-order valence-corrected chi connectivity index (χ1v) is 5.99. The number of carbonyl (C=O) groups is 1. The lowest BCUT2D eigenvalue weighted by Crippen LogP contribution is -2.41. The normalized spacial score (nSPS) is 13.4. The van der Waals surface area contributed by atoms with Gasteiger partial charge < -0.3 is 10.1 Å². The predicted octanol–water partition coefficient (Wildman–Crippen LogP) is 2.58. The van der Waals surface area contributed by atoms with E-state index in [0.29, 0.717) is 0 Å². The second-order valence-electron chi connectivity index (χ2n) is 4.35. The number of rotatable bonds is 4. The minimum atomic E-state index is -0.968. The SMILES string of the molecule is COC(=O)C(C)(Nc1ccccc1)c1cccnc1. The summed E-state index contributed by atoms with van der Waals surface area (Å²) in [7, 11) is 1.38. The van der Waals surface area contributed by atoms with Gasteiger partial charge in [-0.05, 0) is 25.1 Å². The van der Waals surface area contributed by atoms with Gasteiger partial charge in [-0.3, -0.25) is 4.98 Å². The Morgan fingerprint density at radius 3 is 2.53 bits per heavy atom. The molecule has 0 fully saturated rings. The van der Waals surface area contributed by atoms with Crippen molar-refractivity contribution in [2.24, 2.45) is 0 Å². The number of pyridine rings is 1. The molecule has 0 spiro atoms. The summed E-state index contributed by atoms with van der Waals surface area (Å²) in [6, 6.07) is 13.2. The summed E-state index contributed by atoms with van der Waals surface area (Å²) in [5.41, 5.74) is 0.634. The Balaban J connectivity index is 2.39. The van der Waals surface area contributed by atoms with E-state index < -0.39 is 5.54 Å². The summed E-state index contributed by atoms with van der Waals surface area (Å²) < 4.78 is 4.91. The smallest absolute Gasteiger partial charge is 0.335 e. The highest BCUT2D eigenvalue weighted by atomic mass is 16.5.